The van der Waals surface area contributed by atoms with E-state index >= 15 is 0 Å². The highest BCUT2D eigenvalue weighted by Crippen LogP contribution is 2.32. The summed E-state index contributed by atoms with van der Waals surface area (Å²) < 4.78 is 176. The molecule has 0 heterocycles. The van der Waals surface area contributed by atoms with Gasteiger partial charge in [0.1, 0.15) is 0 Å². The van der Waals surface area contributed by atoms with Gasteiger partial charge in [0.2, 0.25) is 11.6 Å². The molecule has 0 nitrogen and oxygen atoms in total. The van der Waals surface area contributed by atoms with Crippen molar-refractivity contribution in [3.05, 3.63) is 69.7 Å². The SMILES string of the molecule is FC(F)=C(F)[Si](Cl)(c1c(F)c(F)c(F)c(F)c1F)c1c(F)c(F)c(F)c(F)c1F. The predicted octanol–water partition coefficient (Wildman–Crippen LogP) is 4.99. The zero-order valence-electron chi connectivity index (χ0n) is 12.8. The second-order valence-electron chi connectivity index (χ2n) is 5.12. The highest BCUT2D eigenvalue weighted by molar-refractivity contribution is 7.37. The zero-order chi connectivity index (χ0) is 22.6. The first-order valence-electron chi connectivity index (χ1n) is 6.65. The monoisotopic (exact) mass is 478 g/mol. The van der Waals surface area contributed by atoms with E-state index in [1.807, 2.05) is 0 Å². The maximum absolute atomic E-state index is 14.1. The van der Waals surface area contributed by atoms with E-state index in [0.717, 1.165) is 0 Å². The molecular weight excluding hydrogens is 479 g/mol. The predicted molar refractivity (Wildman–Crippen MR) is 73.7 cm³/mol. The Bertz CT molecular complexity index is 933. The van der Waals surface area contributed by atoms with Crippen LogP contribution in [-0.4, -0.2) is 7.38 Å². The summed E-state index contributed by atoms with van der Waals surface area (Å²) in [5.74, 6) is -29.8. The molecule has 0 saturated heterocycles. The number of rotatable bonds is 3. The molecule has 0 fully saturated rings. The molecule has 0 amide bonds. The lowest BCUT2D eigenvalue weighted by Gasteiger charge is -2.26. The van der Waals surface area contributed by atoms with Crippen LogP contribution in [0, 0.1) is 58.2 Å². The summed E-state index contributed by atoms with van der Waals surface area (Å²) in [5, 5.41) is -5.41. The first kappa shape index (κ1) is 23.1. The van der Waals surface area contributed by atoms with Crippen LogP contribution in [0.4, 0.5) is 57.1 Å². The number of hydrogen-bond acceptors (Lipinski definition) is 0. The summed E-state index contributed by atoms with van der Waals surface area (Å²) in [6.45, 7) is 0. The zero-order valence-corrected chi connectivity index (χ0v) is 14.5. The van der Waals surface area contributed by atoms with Crippen molar-refractivity contribution >= 4 is 28.8 Å². The number of halogens is 14. The Morgan fingerprint density at radius 1 is 0.448 bits per heavy atom. The average molecular weight is 479 g/mol. The summed E-state index contributed by atoms with van der Waals surface area (Å²) >= 11 is 5.30. The van der Waals surface area contributed by atoms with Crippen LogP contribution >= 0.6 is 11.1 Å². The Balaban J connectivity index is 3.23. The quantitative estimate of drug-likeness (QED) is 0.192. The molecule has 0 saturated carbocycles. The van der Waals surface area contributed by atoms with Gasteiger partial charge in [0.15, 0.2) is 52.0 Å². The van der Waals surface area contributed by atoms with Gasteiger partial charge in [-0.1, -0.05) is 0 Å². The minimum absolute atomic E-state index is 2.70. The van der Waals surface area contributed by atoms with Crippen LogP contribution in [0.15, 0.2) is 11.5 Å². The molecule has 0 atom stereocenters. The number of hydrogen-bond donors (Lipinski definition) is 0. The third-order valence-electron chi connectivity index (χ3n) is 3.58. The third-order valence-corrected chi connectivity index (χ3v) is 8.26. The third kappa shape index (κ3) is 3.17. The van der Waals surface area contributed by atoms with Gasteiger partial charge in [0.25, 0.3) is 13.5 Å². The van der Waals surface area contributed by atoms with Crippen molar-refractivity contribution in [1.29, 1.82) is 0 Å². The van der Waals surface area contributed by atoms with E-state index in [0.29, 0.717) is 0 Å². The Morgan fingerprint density at radius 3 is 0.862 bits per heavy atom. The van der Waals surface area contributed by atoms with E-state index in [1.54, 1.807) is 0 Å². The maximum atomic E-state index is 14.1. The van der Waals surface area contributed by atoms with Gasteiger partial charge in [-0.05, 0) is 0 Å². The fourth-order valence-electron chi connectivity index (χ4n) is 2.29. The highest BCUT2D eigenvalue weighted by Gasteiger charge is 2.55. The van der Waals surface area contributed by atoms with Gasteiger partial charge < -0.3 is 0 Å². The molecule has 29 heavy (non-hydrogen) atoms. The van der Waals surface area contributed by atoms with Crippen LogP contribution in [0.5, 0.6) is 0 Å². The van der Waals surface area contributed by atoms with Crippen molar-refractivity contribution in [2.24, 2.45) is 0 Å². The summed E-state index contributed by atoms with van der Waals surface area (Å²) in [7, 11) is -6.88. The van der Waals surface area contributed by atoms with Crippen molar-refractivity contribution in [3.63, 3.8) is 0 Å². The second kappa shape index (κ2) is 7.55. The van der Waals surface area contributed by atoms with Crippen LogP contribution in [0.25, 0.3) is 0 Å². The average Bonchev–Trinajstić information content (AvgIpc) is 2.67. The van der Waals surface area contributed by atoms with E-state index in [9.17, 15) is 57.1 Å². The second-order valence-corrected chi connectivity index (χ2v) is 9.58. The van der Waals surface area contributed by atoms with Crippen molar-refractivity contribution in [3.8, 4) is 0 Å². The van der Waals surface area contributed by atoms with Crippen molar-refractivity contribution in [1.82, 2.24) is 0 Å². The van der Waals surface area contributed by atoms with Crippen LogP contribution in [0.2, 0.25) is 0 Å². The molecule has 15 heteroatoms. The molecule has 0 aromatic heterocycles. The highest BCUT2D eigenvalue weighted by atomic mass is 35.6. The van der Waals surface area contributed by atoms with Gasteiger partial charge in [0.05, 0.1) is 0 Å². The maximum Gasteiger partial charge on any atom is 0.299 e. The van der Waals surface area contributed by atoms with Crippen LogP contribution in [-0.2, 0) is 0 Å². The standard InChI is InChI=1S/C14ClF13Si/c15-29(14(28)13(26)27,11-7(22)3(18)1(16)4(19)8(11)23)12-9(24)5(20)2(17)6(21)10(12)25. The lowest BCUT2D eigenvalue weighted by molar-refractivity contribution is 0.379. The van der Waals surface area contributed by atoms with Crippen molar-refractivity contribution < 1.29 is 57.1 Å². The molecule has 2 aromatic carbocycles. The van der Waals surface area contributed by atoms with Gasteiger partial charge in [-0.25, -0.2) is 48.3 Å². The molecule has 2 rings (SSSR count). The van der Waals surface area contributed by atoms with E-state index < -0.39 is 87.5 Å². The summed E-state index contributed by atoms with van der Waals surface area (Å²) in [4.78, 5) is 0. The minimum atomic E-state index is -6.88. The molecule has 0 radical (unpaired) electrons. The smallest absolute Gasteiger partial charge is 0.209 e. The molecule has 158 valence electrons. The minimum Gasteiger partial charge on any atom is -0.209 e. The molecule has 0 aliphatic heterocycles. The molecule has 0 unspecified atom stereocenters. The summed E-state index contributed by atoms with van der Waals surface area (Å²) in [5.41, 5.74) is -3.33. The van der Waals surface area contributed by atoms with Gasteiger partial charge in [-0.3, -0.25) is 0 Å². The fourth-order valence-corrected chi connectivity index (χ4v) is 6.10. The van der Waals surface area contributed by atoms with Gasteiger partial charge in [0, 0.05) is 10.4 Å². The van der Waals surface area contributed by atoms with Crippen LogP contribution in [0.3, 0.4) is 0 Å². The van der Waals surface area contributed by atoms with Crippen LogP contribution in [0.1, 0.15) is 0 Å². The Kier molecular flexibility index (Phi) is 6.00. The van der Waals surface area contributed by atoms with Gasteiger partial charge >= 0.3 is 0 Å². The molecule has 2 aromatic rings. The Labute approximate surface area is 156 Å². The first-order valence-corrected chi connectivity index (χ1v) is 9.66. The molecule has 0 aliphatic carbocycles. The Morgan fingerprint density at radius 2 is 0.655 bits per heavy atom. The van der Waals surface area contributed by atoms with Gasteiger partial charge in [-0.15, -0.1) is 11.1 Å². The van der Waals surface area contributed by atoms with E-state index in [-0.39, 0.29) is 0 Å². The van der Waals surface area contributed by atoms with E-state index in [2.05, 4.69) is 0 Å². The molecular formula is C14ClF13Si. The normalized spacial score (nSPS) is 11.8. The summed E-state index contributed by atoms with van der Waals surface area (Å²) in [6.07, 6.45) is -3.67. The van der Waals surface area contributed by atoms with Crippen LogP contribution < -0.4 is 10.4 Å². The first-order chi connectivity index (χ1) is 13.2. The van der Waals surface area contributed by atoms with Gasteiger partial charge in [-0.2, -0.15) is 8.78 Å². The molecule has 0 spiro atoms. The molecule has 0 bridgehead atoms. The molecule has 0 N–H and O–H groups in total. The lowest BCUT2D eigenvalue weighted by Crippen LogP contribution is -2.61. The Hall–Kier alpha value is -2.22. The topological polar surface area (TPSA) is 0 Å². The lowest BCUT2D eigenvalue weighted by atomic mass is 10.3. The largest absolute Gasteiger partial charge is 0.299 e. The van der Waals surface area contributed by atoms with E-state index in [4.69, 9.17) is 11.1 Å². The summed E-state index contributed by atoms with van der Waals surface area (Å²) in [6, 6.07) is 0. The van der Waals surface area contributed by atoms with Crippen molar-refractivity contribution in [2.75, 3.05) is 0 Å². The fraction of sp³-hybridized carbons (Fsp3) is 0. The van der Waals surface area contributed by atoms with Crippen molar-refractivity contribution in [2.45, 2.75) is 0 Å². The van der Waals surface area contributed by atoms with E-state index in [1.165, 1.54) is 0 Å². The number of benzene rings is 2. The molecule has 0 aliphatic rings.